The number of carbonyl (C=O) groups excluding carboxylic acids is 2. The van der Waals surface area contributed by atoms with Gasteiger partial charge in [-0.1, -0.05) is 11.8 Å². The van der Waals surface area contributed by atoms with E-state index < -0.39 is 5.60 Å². The Hall–Kier alpha value is -2.79. The van der Waals surface area contributed by atoms with E-state index in [-0.39, 0.29) is 24.4 Å². The summed E-state index contributed by atoms with van der Waals surface area (Å²) in [5, 5.41) is 0. The van der Waals surface area contributed by atoms with Gasteiger partial charge in [-0.15, -0.1) is 11.3 Å². The molecule has 1 saturated heterocycles. The van der Waals surface area contributed by atoms with E-state index in [9.17, 15) is 9.59 Å². The summed E-state index contributed by atoms with van der Waals surface area (Å²) >= 11 is 1.49. The van der Waals surface area contributed by atoms with Crippen molar-refractivity contribution < 1.29 is 19.1 Å². The number of nitrogens with zero attached hydrogens (tertiary/aromatic N) is 2. The van der Waals surface area contributed by atoms with E-state index >= 15 is 0 Å². The van der Waals surface area contributed by atoms with E-state index in [4.69, 9.17) is 15.2 Å². The van der Waals surface area contributed by atoms with E-state index in [0.717, 1.165) is 28.3 Å². The normalized spacial score (nSPS) is 16.8. The van der Waals surface area contributed by atoms with Crippen molar-refractivity contribution >= 4 is 41.0 Å². The van der Waals surface area contributed by atoms with E-state index in [0.29, 0.717) is 31.1 Å². The highest BCUT2D eigenvalue weighted by Crippen LogP contribution is 2.34. The smallest absolute Gasteiger partial charge is 0.410 e. The van der Waals surface area contributed by atoms with Crippen molar-refractivity contribution in [3.05, 3.63) is 21.4 Å². The van der Waals surface area contributed by atoms with Crippen molar-refractivity contribution in [2.45, 2.75) is 52.6 Å². The van der Waals surface area contributed by atoms with Crippen molar-refractivity contribution in [2.75, 3.05) is 19.7 Å². The lowest BCUT2D eigenvalue weighted by atomic mass is 9.98. The second kappa shape index (κ2) is 9.56. The number of hydrogen-bond acceptors (Lipinski definition) is 7. The highest BCUT2D eigenvalue weighted by Gasteiger charge is 2.26. The van der Waals surface area contributed by atoms with Gasteiger partial charge in [-0.25, -0.2) is 14.6 Å². The van der Waals surface area contributed by atoms with E-state index in [1.54, 1.807) is 17.9 Å². The van der Waals surface area contributed by atoms with Crippen molar-refractivity contribution in [1.29, 1.82) is 0 Å². The lowest BCUT2D eigenvalue weighted by Crippen LogP contribution is -2.41. The van der Waals surface area contributed by atoms with Gasteiger partial charge in [0, 0.05) is 31.0 Å². The lowest BCUT2D eigenvalue weighted by Gasteiger charge is -2.31. The first kappa shape index (κ1) is 22.9. The van der Waals surface area contributed by atoms with Gasteiger partial charge in [-0.05, 0) is 52.7 Å². The quantitative estimate of drug-likeness (QED) is 0.549. The number of amides is 1. The Morgan fingerprint density at radius 1 is 1.32 bits per heavy atom. The number of ether oxygens (including phenoxy) is 2. The second-order valence-corrected chi connectivity index (χ2v) is 9.62. The van der Waals surface area contributed by atoms with Crippen LogP contribution < -0.4 is 5.73 Å². The topological polar surface area (TPSA) is 94.2 Å². The number of amidine groups is 1. The molecule has 0 saturated carbocycles. The number of rotatable bonds is 2. The Labute approximate surface area is 187 Å². The summed E-state index contributed by atoms with van der Waals surface area (Å²) < 4.78 is 10.5. The van der Waals surface area contributed by atoms with Crippen LogP contribution >= 0.6 is 11.3 Å². The number of nitrogens with two attached hydrogens (primary N) is 1. The Morgan fingerprint density at radius 3 is 2.68 bits per heavy atom. The van der Waals surface area contributed by atoms with E-state index in [1.165, 1.54) is 11.3 Å². The summed E-state index contributed by atoms with van der Waals surface area (Å²) in [5.74, 6) is 6.79. The van der Waals surface area contributed by atoms with Crippen LogP contribution in [-0.4, -0.2) is 48.1 Å². The molecule has 0 aromatic carbocycles. The molecular weight excluding hydrogens is 414 g/mol. The Morgan fingerprint density at radius 2 is 2.03 bits per heavy atom. The maximum absolute atomic E-state index is 12.2. The van der Waals surface area contributed by atoms with Gasteiger partial charge in [0.2, 0.25) is 0 Å². The Kier molecular flexibility index (Phi) is 7.06. The number of aliphatic imine (C=N–C) groups is 1. The molecule has 0 aliphatic carbocycles. The molecular formula is C23H29N3O4S. The zero-order valence-electron chi connectivity index (χ0n) is 18.5. The summed E-state index contributed by atoms with van der Waals surface area (Å²) in [7, 11) is 0. The minimum absolute atomic E-state index is 0.222. The molecule has 0 bridgehead atoms. The molecule has 3 rings (SSSR count). The van der Waals surface area contributed by atoms with Crippen LogP contribution in [0.25, 0.3) is 6.08 Å². The minimum atomic E-state index is -0.488. The molecule has 2 aliphatic heterocycles. The number of esters is 1. The van der Waals surface area contributed by atoms with Crippen LogP contribution in [0, 0.1) is 17.8 Å². The van der Waals surface area contributed by atoms with E-state index in [1.807, 2.05) is 26.8 Å². The summed E-state index contributed by atoms with van der Waals surface area (Å²) in [6.07, 6.45) is 3.44. The number of thiophene rings is 1. The number of fused-ring (bicyclic) bond motifs is 1. The molecule has 2 N–H and O–H groups in total. The molecule has 8 heteroatoms. The maximum atomic E-state index is 12.2. The molecule has 2 aliphatic rings. The summed E-state index contributed by atoms with van der Waals surface area (Å²) in [6.45, 7) is 8.98. The van der Waals surface area contributed by atoms with Gasteiger partial charge in [-0.3, -0.25) is 0 Å². The highest BCUT2D eigenvalue weighted by atomic mass is 32.1. The summed E-state index contributed by atoms with van der Waals surface area (Å²) in [6, 6.07) is 1.90. The SMILES string of the molecule is CCOC(=O)C1=Cc2sc(C#CC3CCN(C(=O)OC(C)(C)C)CC3)cc2N=C(N)C1. The van der Waals surface area contributed by atoms with Crippen LogP contribution in [-0.2, 0) is 14.3 Å². The van der Waals surface area contributed by atoms with E-state index in [2.05, 4.69) is 16.8 Å². The van der Waals surface area contributed by atoms with Gasteiger partial charge in [0.25, 0.3) is 0 Å². The van der Waals surface area contributed by atoms with Gasteiger partial charge in [0.1, 0.15) is 11.4 Å². The van der Waals surface area contributed by atoms with Crippen molar-refractivity contribution in [3.63, 3.8) is 0 Å². The van der Waals surface area contributed by atoms with Crippen molar-refractivity contribution in [2.24, 2.45) is 16.6 Å². The molecule has 1 aromatic rings. The van der Waals surface area contributed by atoms with Crippen LogP contribution in [0.2, 0.25) is 0 Å². The first-order chi connectivity index (χ1) is 14.6. The zero-order valence-corrected chi connectivity index (χ0v) is 19.3. The molecule has 31 heavy (non-hydrogen) atoms. The van der Waals surface area contributed by atoms with Crippen molar-refractivity contribution in [3.8, 4) is 11.8 Å². The largest absolute Gasteiger partial charge is 0.463 e. The minimum Gasteiger partial charge on any atom is -0.463 e. The van der Waals surface area contributed by atoms with Crippen LogP contribution in [0.15, 0.2) is 16.6 Å². The van der Waals surface area contributed by atoms with Crippen LogP contribution in [0.5, 0.6) is 0 Å². The number of likely N-dealkylation sites (tertiary alicyclic amines) is 1. The lowest BCUT2D eigenvalue weighted by molar-refractivity contribution is -0.138. The van der Waals surface area contributed by atoms with Crippen LogP contribution in [0.1, 0.15) is 56.7 Å². The number of carbonyl (C=O) groups is 2. The third-order valence-corrected chi connectivity index (χ3v) is 5.75. The average molecular weight is 444 g/mol. The molecule has 166 valence electrons. The Bertz CT molecular complexity index is 967. The highest BCUT2D eigenvalue weighted by molar-refractivity contribution is 7.14. The average Bonchev–Trinajstić information content (AvgIpc) is 2.98. The summed E-state index contributed by atoms with van der Waals surface area (Å²) in [5.41, 5.74) is 6.72. The third-order valence-electron chi connectivity index (χ3n) is 4.76. The molecule has 0 radical (unpaired) electrons. The molecule has 0 atom stereocenters. The number of piperidine rings is 1. The molecule has 1 amide bonds. The van der Waals surface area contributed by atoms with Crippen molar-refractivity contribution in [1.82, 2.24) is 4.90 Å². The Balaban J connectivity index is 1.66. The van der Waals surface area contributed by atoms with Crippen LogP contribution in [0.4, 0.5) is 10.5 Å². The van der Waals surface area contributed by atoms with Crippen LogP contribution in [0.3, 0.4) is 0 Å². The third kappa shape index (κ3) is 6.34. The molecule has 3 heterocycles. The van der Waals surface area contributed by atoms with Gasteiger partial charge in [-0.2, -0.15) is 0 Å². The second-order valence-electron chi connectivity index (χ2n) is 8.54. The fourth-order valence-electron chi connectivity index (χ4n) is 3.31. The van der Waals surface area contributed by atoms with Gasteiger partial charge in [0.05, 0.1) is 22.0 Å². The predicted molar refractivity (Wildman–Crippen MR) is 122 cm³/mol. The van der Waals surface area contributed by atoms with Gasteiger partial charge in [0.15, 0.2) is 0 Å². The standard InChI is InChI=1S/C23H29N3O4S/c1-5-29-21(27)16-12-19-18(25-20(24)13-16)14-17(31-19)7-6-15-8-10-26(11-9-15)22(28)30-23(2,3)4/h12,14-15H,5,8-11,13H2,1-4H3,(H2,24,25). The molecule has 7 nitrogen and oxygen atoms in total. The first-order valence-electron chi connectivity index (χ1n) is 10.5. The molecule has 1 fully saturated rings. The molecule has 0 unspecified atom stereocenters. The fraction of sp³-hybridized carbons (Fsp3) is 0.522. The zero-order chi connectivity index (χ0) is 22.6. The maximum Gasteiger partial charge on any atom is 0.410 e. The van der Waals surface area contributed by atoms with Gasteiger partial charge >= 0.3 is 12.1 Å². The van der Waals surface area contributed by atoms with Gasteiger partial charge < -0.3 is 20.1 Å². The molecule has 1 aromatic heterocycles. The molecule has 0 spiro atoms. The predicted octanol–water partition coefficient (Wildman–Crippen LogP) is 4.09. The fourth-order valence-corrected chi connectivity index (χ4v) is 4.24. The summed E-state index contributed by atoms with van der Waals surface area (Å²) in [4.78, 5) is 32.2. The first-order valence-corrected chi connectivity index (χ1v) is 11.3. The number of hydrogen-bond donors (Lipinski definition) is 1. The monoisotopic (exact) mass is 443 g/mol.